The molecule has 0 bridgehead atoms. The van der Waals surface area contributed by atoms with Crippen LogP contribution in [0.1, 0.15) is 34.1 Å². The monoisotopic (exact) mass is 389 g/mol. The molecule has 28 heavy (non-hydrogen) atoms. The van der Waals surface area contributed by atoms with Gasteiger partial charge in [-0.15, -0.1) is 5.10 Å². The third kappa shape index (κ3) is 5.86. The second kappa shape index (κ2) is 8.59. The number of benzene rings is 1. The van der Waals surface area contributed by atoms with Gasteiger partial charge in [-0.05, 0) is 39.8 Å². The zero-order chi connectivity index (χ0) is 20.9. The number of aromatic nitrogens is 3. The van der Waals surface area contributed by atoms with Crippen LogP contribution in [0.15, 0.2) is 29.1 Å². The number of ether oxygens (including phenoxy) is 1. The molecule has 1 aromatic carbocycles. The third-order valence-electron chi connectivity index (χ3n) is 3.56. The number of nitrogens with zero attached hydrogens (tertiary/aromatic N) is 3. The van der Waals surface area contributed by atoms with Gasteiger partial charge in [-0.3, -0.25) is 19.7 Å². The summed E-state index contributed by atoms with van der Waals surface area (Å²) in [5, 5.41) is 12.8. The SMILES string of the molecule is CC(OC(=O)CCn1nnc2ccccc2c1=O)C(=O)NC(=O)NC(C)(C)C. The van der Waals surface area contributed by atoms with E-state index in [1.165, 1.54) is 6.92 Å². The Hall–Kier alpha value is -3.30. The van der Waals surface area contributed by atoms with Crippen molar-refractivity contribution in [3.63, 3.8) is 0 Å². The lowest BCUT2D eigenvalue weighted by molar-refractivity contribution is -0.154. The molecule has 0 aliphatic rings. The molecule has 10 heteroatoms. The number of hydrogen-bond acceptors (Lipinski definition) is 7. The zero-order valence-corrected chi connectivity index (χ0v) is 16.2. The summed E-state index contributed by atoms with van der Waals surface area (Å²) in [4.78, 5) is 47.9. The summed E-state index contributed by atoms with van der Waals surface area (Å²) in [6, 6.07) is 6.06. The predicted octanol–water partition coefficient (Wildman–Crippen LogP) is 0.738. The van der Waals surface area contributed by atoms with Gasteiger partial charge in [0.25, 0.3) is 11.5 Å². The van der Waals surface area contributed by atoms with E-state index in [0.717, 1.165) is 4.68 Å². The van der Waals surface area contributed by atoms with Crippen LogP contribution < -0.4 is 16.2 Å². The van der Waals surface area contributed by atoms with Crippen LogP contribution in [0.4, 0.5) is 4.79 Å². The molecule has 0 saturated carbocycles. The van der Waals surface area contributed by atoms with Gasteiger partial charge in [0.05, 0.1) is 18.4 Å². The topological polar surface area (TPSA) is 132 Å². The Labute approximate surface area is 161 Å². The molecule has 1 heterocycles. The molecule has 3 amide bonds. The second-order valence-corrected chi connectivity index (χ2v) is 7.21. The highest BCUT2D eigenvalue weighted by molar-refractivity contribution is 5.97. The van der Waals surface area contributed by atoms with Crippen LogP contribution in [0, 0.1) is 0 Å². The molecule has 0 radical (unpaired) electrons. The van der Waals surface area contributed by atoms with Crippen LogP contribution in [0.25, 0.3) is 10.9 Å². The maximum absolute atomic E-state index is 12.3. The average molecular weight is 389 g/mol. The van der Waals surface area contributed by atoms with E-state index in [1.807, 2.05) is 0 Å². The average Bonchev–Trinajstić information content (AvgIpc) is 2.59. The first-order chi connectivity index (χ1) is 13.1. The summed E-state index contributed by atoms with van der Waals surface area (Å²) < 4.78 is 6.06. The zero-order valence-electron chi connectivity index (χ0n) is 16.2. The summed E-state index contributed by atoms with van der Waals surface area (Å²) in [6.07, 6.45) is -1.35. The van der Waals surface area contributed by atoms with Crippen molar-refractivity contribution >= 4 is 28.8 Å². The number of urea groups is 1. The maximum atomic E-state index is 12.3. The molecule has 2 N–H and O–H groups in total. The molecule has 0 spiro atoms. The number of fused-ring (bicyclic) bond motifs is 1. The molecule has 0 fully saturated rings. The van der Waals surface area contributed by atoms with Gasteiger partial charge in [-0.2, -0.15) is 0 Å². The second-order valence-electron chi connectivity index (χ2n) is 7.21. The fourth-order valence-corrected chi connectivity index (χ4v) is 2.26. The van der Waals surface area contributed by atoms with Crippen molar-refractivity contribution in [1.29, 1.82) is 0 Å². The van der Waals surface area contributed by atoms with Gasteiger partial charge >= 0.3 is 12.0 Å². The molecule has 0 aliphatic carbocycles. The van der Waals surface area contributed by atoms with Crippen LogP contribution in [0.3, 0.4) is 0 Å². The van der Waals surface area contributed by atoms with Crippen molar-refractivity contribution in [1.82, 2.24) is 25.6 Å². The van der Waals surface area contributed by atoms with Crippen LogP contribution in [0.2, 0.25) is 0 Å². The normalized spacial score (nSPS) is 12.3. The predicted molar refractivity (Wildman–Crippen MR) is 100 cm³/mol. The lowest BCUT2D eigenvalue weighted by Crippen LogP contribution is -2.50. The Balaban J connectivity index is 1.88. The Morgan fingerprint density at radius 1 is 1.21 bits per heavy atom. The summed E-state index contributed by atoms with van der Waals surface area (Å²) in [7, 11) is 0. The highest BCUT2D eigenvalue weighted by Crippen LogP contribution is 2.04. The van der Waals surface area contributed by atoms with E-state index >= 15 is 0 Å². The summed E-state index contributed by atoms with van der Waals surface area (Å²) in [5.41, 5.74) is -0.425. The van der Waals surface area contributed by atoms with Crippen LogP contribution >= 0.6 is 0 Å². The molecule has 2 aromatic rings. The van der Waals surface area contributed by atoms with E-state index < -0.39 is 29.6 Å². The van der Waals surface area contributed by atoms with Crippen LogP contribution in [0.5, 0.6) is 0 Å². The van der Waals surface area contributed by atoms with E-state index in [9.17, 15) is 19.2 Å². The minimum absolute atomic E-state index is 0.0473. The van der Waals surface area contributed by atoms with Gasteiger partial charge in [0.1, 0.15) is 5.52 Å². The molecule has 1 aromatic heterocycles. The number of aryl methyl sites for hydroxylation is 1. The van der Waals surface area contributed by atoms with Crippen molar-refractivity contribution in [2.45, 2.75) is 52.3 Å². The van der Waals surface area contributed by atoms with Crippen molar-refractivity contribution in [3.8, 4) is 0 Å². The fourth-order valence-electron chi connectivity index (χ4n) is 2.26. The van der Waals surface area contributed by atoms with Gasteiger partial charge < -0.3 is 10.1 Å². The molecule has 0 saturated heterocycles. The number of esters is 1. The van der Waals surface area contributed by atoms with E-state index in [4.69, 9.17) is 4.74 Å². The van der Waals surface area contributed by atoms with Crippen LogP contribution in [-0.4, -0.2) is 44.5 Å². The Bertz CT molecular complexity index is 947. The fraction of sp³-hybridized carbons (Fsp3) is 0.444. The minimum Gasteiger partial charge on any atom is -0.452 e. The van der Waals surface area contributed by atoms with Gasteiger partial charge in [-0.25, -0.2) is 9.48 Å². The van der Waals surface area contributed by atoms with Crippen LogP contribution in [-0.2, 0) is 20.9 Å². The Morgan fingerprint density at radius 3 is 2.57 bits per heavy atom. The first-order valence-electron chi connectivity index (χ1n) is 8.72. The number of carbonyl (C=O) groups is 3. The molecule has 1 unspecified atom stereocenters. The smallest absolute Gasteiger partial charge is 0.321 e. The number of imide groups is 1. The number of carbonyl (C=O) groups excluding carboxylic acids is 3. The minimum atomic E-state index is -1.17. The first kappa shape index (κ1) is 21.0. The Morgan fingerprint density at radius 2 is 1.89 bits per heavy atom. The van der Waals surface area contributed by atoms with E-state index in [-0.39, 0.29) is 18.5 Å². The van der Waals surface area contributed by atoms with Crippen molar-refractivity contribution in [2.75, 3.05) is 0 Å². The number of nitrogens with one attached hydrogen (secondary N) is 2. The van der Waals surface area contributed by atoms with E-state index in [1.54, 1.807) is 45.0 Å². The maximum Gasteiger partial charge on any atom is 0.321 e. The Kier molecular flexibility index (Phi) is 6.45. The van der Waals surface area contributed by atoms with E-state index in [0.29, 0.717) is 10.9 Å². The van der Waals surface area contributed by atoms with Gasteiger partial charge in [-0.1, -0.05) is 17.3 Å². The molecular weight excluding hydrogens is 366 g/mol. The van der Waals surface area contributed by atoms with Gasteiger partial charge in [0.15, 0.2) is 6.10 Å². The lowest BCUT2D eigenvalue weighted by Gasteiger charge is -2.21. The molecule has 0 aliphatic heterocycles. The molecule has 1 atom stereocenters. The van der Waals surface area contributed by atoms with Gasteiger partial charge in [0.2, 0.25) is 0 Å². The van der Waals surface area contributed by atoms with E-state index in [2.05, 4.69) is 20.9 Å². The van der Waals surface area contributed by atoms with Crippen molar-refractivity contribution in [2.24, 2.45) is 0 Å². The third-order valence-corrected chi connectivity index (χ3v) is 3.56. The largest absolute Gasteiger partial charge is 0.452 e. The van der Waals surface area contributed by atoms with Crippen molar-refractivity contribution < 1.29 is 19.1 Å². The quantitative estimate of drug-likeness (QED) is 0.721. The summed E-state index contributed by atoms with van der Waals surface area (Å²) in [5.74, 6) is -1.46. The lowest BCUT2D eigenvalue weighted by atomic mass is 10.1. The molecular formula is C18H23N5O5. The van der Waals surface area contributed by atoms with Crippen molar-refractivity contribution in [3.05, 3.63) is 34.6 Å². The summed E-state index contributed by atoms with van der Waals surface area (Å²) in [6.45, 7) is 6.59. The molecule has 2 rings (SSSR count). The summed E-state index contributed by atoms with van der Waals surface area (Å²) >= 11 is 0. The molecule has 150 valence electrons. The van der Waals surface area contributed by atoms with Gasteiger partial charge in [0, 0.05) is 5.54 Å². The highest BCUT2D eigenvalue weighted by atomic mass is 16.5. The number of hydrogen-bond donors (Lipinski definition) is 2. The highest BCUT2D eigenvalue weighted by Gasteiger charge is 2.22. The first-order valence-corrected chi connectivity index (χ1v) is 8.72. The molecule has 10 nitrogen and oxygen atoms in total. The number of rotatable bonds is 5. The standard InChI is InChI=1S/C18H23N5O5/c1-11(15(25)19-17(27)20-18(2,3)4)28-14(24)9-10-23-16(26)12-7-5-6-8-13(12)21-22-23/h5-8,11H,9-10H2,1-4H3,(H2,19,20,25,27). The number of amides is 3.